The number of hydrogen-bond acceptors (Lipinski definition) is 4. The number of rotatable bonds is 3. The molecule has 4 rings (SSSR count). The first-order valence-corrected chi connectivity index (χ1v) is 10.6. The van der Waals surface area contributed by atoms with Crippen LogP contribution in [0.2, 0.25) is 0 Å². The highest BCUT2D eigenvalue weighted by atomic mass is 16.1. The third-order valence-electron chi connectivity index (χ3n) is 5.88. The van der Waals surface area contributed by atoms with E-state index in [1.165, 1.54) is 17.7 Å². The Bertz CT molecular complexity index is 1050. The number of benzene rings is 1. The van der Waals surface area contributed by atoms with E-state index in [4.69, 9.17) is 0 Å². The molecule has 1 saturated heterocycles. The van der Waals surface area contributed by atoms with Crippen molar-refractivity contribution in [2.75, 3.05) is 13.1 Å². The van der Waals surface area contributed by atoms with E-state index in [0.29, 0.717) is 0 Å². The monoisotopic (exact) mass is 395 g/mol. The van der Waals surface area contributed by atoms with Crippen LogP contribution in [0.3, 0.4) is 0 Å². The molecule has 1 aromatic carbocycles. The van der Waals surface area contributed by atoms with Crippen LogP contribution in [-0.2, 0) is 5.54 Å². The van der Waals surface area contributed by atoms with Crippen LogP contribution in [0, 0.1) is 6.92 Å². The van der Waals surface area contributed by atoms with Gasteiger partial charge in [-0.15, -0.1) is 5.10 Å². The fraction of sp³-hybridized carbons (Fsp3) is 0.545. The highest BCUT2D eigenvalue weighted by Crippen LogP contribution is 2.23. The van der Waals surface area contributed by atoms with Gasteiger partial charge in [-0.2, -0.15) is 0 Å². The standard InChI is InChI=1S/C22H30N6O/c1-15-9-10-16-14-17(21(29)23-18(16)13-15)19(27-11-7-5-6-8-12-27)20-24-25-26-28(20)22(2,3)4/h9-10,13-14,19H,5-8,11-12H2,1-4H3,(H,23,29)/p+1/t19-/m0/s1. The van der Waals surface area contributed by atoms with Crippen LogP contribution >= 0.6 is 0 Å². The summed E-state index contributed by atoms with van der Waals surface area (Å²) in [5.74, 6) is 0.770. The summed E-state index contributed by atoms with van der Waals surface area (Å²) in [4.78, 5) is 17.7. The Kier molecular flexibility index (Phi) is 5.25. The maximum absolute atomic E-state index is 13.2. The second-order valence-electron chi connectivity index (χ2n) is 9.27. The average Bonchev–Trinajstić information content (AvgIpc) is 2.99. The Balaban J connectivity index is 1.90. The van der Waals surface area contributed by atoms with Gasteiger partial charge in [-0.05, 0) is 86.9 Å². The minimum atomic E-state index is -0.261. The fourth-order valence-electron chi connectivity index (χ4n) is 4.41. The number of H-pyrrole nitrogens is 1. The topological polar surface area (TPSA) is 80.9 Å². The lowest BCUT2D eigenvalue weighted by Gasteiger charge is -2.29. The van der Waals surface area contributed by atoms with Crippen molar-refractivity contribution >= 4 is 10.9 Å². The van der Waals surface area contributed by atoms with Crippen molar-refractivity contribution < 1.29 is 4.90 Å². The van der Waals surface area contributed by atoms with Crippen LogP contribution in [0.15, 0.2) is 29.1 Å². The number of nitrogens with zero attached hydrogens (tertiary/aromatic N) is 4. The van der Waals surface area contributed by atoms with E-state index in [-0.39, 0.29) is 17.1 Å². The van der Waals surface area contributed by atoms with Gasteiger partial charge in [0.05, 0.1) is 24.2 Å². The molecule has 2 N–H and O–H groups in total. The molecule has 7 heteroatoms. The second-order valence-corrected chi connectivity index (χ2v) is 9.27. The number of quaternary nitrogens is 1. The van der Waals surface area contributed by atoms with Crippen LogP contribution in [0.25, 0.3) is 10.9 Å². The van der Waals surface area contributed by atoms with E-state index >= 15 is 0 Å². The average molecular weight is 396 g/mol. The third kappa shape index (κ3) is 3.96. The van der Waals surface area contributed by atoms with Gasteiger partial charge in [-0.1, -0.05) is 12.1 Å². The zero-order valence-electron chi connectivity index (χ0n) is 17.8. The summed E-state index contributed by atoms with van der Waals surface area (Å²) < 4.78 is 1.88. The molecule has 1 atom stereocenters. The molecule has 154 valence electrons. The molecule has 2 aromatic heterocycles. The molecule has 0 unspecified atom stereocenters. The molecule has 0 bridgehead atoms. The maximum atomic E-state index is 13.2. The molecule has 1 aliphatic heterocycles. The fourth-order valence-corrected chi connectivity index (χ4v) is 4.41. The third-order valence-corrected chi connectivity index (χ3v) is 5.88. The lowest BCUT2D eigenvalue weighted by atomic mass is 10.0. The van der Waals surface area contributed by atoms with Crippen LogP contribution in [-0.4, -0.2) is 38.3 Å². The van der Waals surface area contributed by atoms with Crippen LogP contribution < -0.4 is 10.5 Å². The van der Waals surface area contributed by atoms with Crippen molar-refractivity contribution in [1.82, 2.24) is 25.2 Å². The van der Waals surface area contributed by atoms with Gasteiger partial charge in [-0.3, -0.25) is 4.79 Å². The van der Waals surface area contributed by atoms with Crippen molar-refractivity contribution in [2.24, 2.45) is 0 Å². The Labute approximate surface area is 171 Å². The molecule has 7 nitrogen and oxygen atoms in total. The van der Waals surface area contributed by atoms with Crippen molar-refractivity contribution in [3.8, 4) is 0 Å². The molecular weight excluding hydrogens is 364 g/mol. The molecule has 0 radical (unpaired) electrons. The Morgan fingerprint density at radius 3 is 2.52 bits per heavy atom. The van der Waals surface area contributed by atoms with Gasteiger partial charge in [0, 0.05) is 5.52 Å². The Morgan fingerprint density at radius 1 is 1.10 bits per heavy atom. The van der Waals surface area contributed by atoms with Crippen molar-refractivity contribution in [1.29, 1.82) is 0 Å². The molecule has 0 amide bonds. The first kappa shape index (κ1) is 19.8. The molecule has 0 spiro atoms. The number of tetrazole rings is 1. The number of aromatic amines is 1. The number of likely N-dealkylation sites (tertiary alicyclic amines) is 1. The summed E-state index contributed by atoms with van der Waals surface area (Å²) in [6, 6.07) is 8.03. The highest BCUT2D eigenvalue weighted by Gasteiger charge is 2.36. The normalized spacial score (nSPS) is 17.4. The van der Waals surface area contributed by atoms with E-state index in [2.05, 4.69) is 53.4 Å². The molecule has 3 heterocycles. The lowest BCUT2D eigenvalue weighted by Crippen LogP contribution is -3.12. The molecule has 0 saturated carbocycles. The summed E-state index contributed by atoms with van der Waals surface area (Å²) in [6.07, 6.45) is 4.81. The predicted octanol–water partition coefficient (Wildman–Crippen LogP) is 2.13. The minimum Gasteiger partial charge on any atom is -0.322 e. The number of nitrogens with one attached hydrogen (secondary N) is 2. The molecule has 1 aliphatic rings. The number of hydrogen-bond donors (Lipinski definition) is 2. The lowest BCUT2D eigenvalue weighted by molar-refractivity contribution is -0.925. The SMILES string of the molecule is Cc1ccc2cc([C@@H](c3nnnn3C(C)(C)C)[NH+]3CCCCCC3)c(=O)[nH]c2c1. The predicted molar refractivity (Wildman–Crippen MR) is 113 cm³/mol. The van der Waals surface area contributed by atoms with Gasteiger partial charge >= 0.3 is 0 Å². The number of aromatic nitrogens is 5. The second kappa shape index (κ2) is 7.71. The van der Waals surface area contributed by atoms with Gasteiger partial charge in [0.1, 0.15) is 0 Å². The van der Waals surface area contributed by atoms with Crippen molar-refractivity contribution in [3.63, 3.8) is 0 Å². The van der Waals surface area contributed by atoms with Crippen molar-refractivity contribution in [3.05, 3.63) is 51.6 Å². The molecule has 29 heavy (non-hydrogen) atoms. The molecule has 3 aromatic rings. The van der Waals surface area contributed by atoms with Gasteiger partial charge in [-0.25, -0.2) is 4.68 Å². The van der Waals surface area contributed by atoms with E-state index in [9.17, 15) is 4.79 Å². The number of fused-ring (bicyclic) bond motifs is 1. The van der Waals surface area contributed by atoms with Gasteiger partial charge in [0.25, 0.3) is 5.56 Å². The zero-order chi connectivity index (χ0) is 20.6. The largest absolute Gasteiger partial charge is 0.322 e. The van der Waals surface area contributed by atoms with Crippen LogP contribution in [0.4, 0.5) is 0 Å². The quantitative estimate of drug-likeness (QED) is 0.712. The maximum Gasteiger partial charge on any atom is 0.258 e. The number of pyridine rings is 1. The Morgan fingerprint density at radius 2 is 1.83 bits per heavy atom. The van der Waals surface area contributed by atoms with E-state index in [1.807, 2.05) is 23.7 Å². The molecular formula is C22H31N6O+. The van der Waals surface area contributed by atoms with Crippen LogP contribution in [0.5, 0.6) is 0 Å². The zero-order valence-corrected chi connectivity index (χ0v) is 17.8. The van der Waals surface area contributed by atoms with Gasteiger partial charge < -0.3 is 9.88 Å². The number of aryl methyl sites for hydroxylation is 1. The summed E-state index contributed by atoms with van der Waals surface area (Å²) in [5, 5.41) is 13.7. The van der Waals surface area contributed by atoms with Gasteiger partial charge in [0.15, 0.2) is 6.04 Å². The smallest absolute Gasteiger partial charge is 0.258 e. The summed E-state index contributed by atoms with van der Waals surface area (Å²) >= 11 is 0. The minimum absolute atomic E-state index is 0.0479. The molecule has 1 fully saturated rings. The summed E-state index contributed by atoms with van der Waals surface area (Å²) in [5.41, 5.74) is 2.45. The van der Waals surface area contributed by atoms with Gasteiger partial charge in [0.2, 0.25) is 5.82 Å². The Hall–Kier alpha value is -2.54. The molecule has 0 aliphatic carbocycles. The first-order chi connectivity index (χ1) is 13.8. The van der Waals surface area contributed by atoms with Crippen molar-refractivity contribution in [2.45, 2.75) is 65.0 Å². The van der Waals surface area contributed by atoms with E-state index < -0.39 is 0 Å². The van der Waals surface area contributed by atoms with Crippen LogP contribution in [0.1, 0.15) is 69.4 Å². The van der Waals surface area contributed by atoms with E-state index in [0.717, 1.165) is 53.8 Å². The first-order valence-electron chi connectivity index (χ1n) is 10.6. The summed E-state index contributed by atoms with van der Waals surface area (Å²) in [7, 11) is 0. The highest BCUT2D eigenvalue weighted by molar-refractivity contribution is 5.79. The summed E-state index contributed by atoms with van der Waals surface area (Å²) in [6.45, 7) is 10.4. The van der Waals surface area contributed by atoms with E-state index in [1.54, 1.807) is 0 Å².